The van der Waals surface area contributed by atoms with Gasteiger partial charge in [0.1, 0.15) is 0 Å². The van der Waals surface area contributed by atoms with Crippen LogP contribution in [0.5, 0.6) is 0 Å². The summed E-state index contributed by atoms with van der Waals surface area (Å²) in [7, 11) is 0. The van der Waals surface area contributed by atoms with Crippen molar-refractivity contribution in [2.45, 2.75) is 13.0 Å². The molecule has 1 heterocycles. The Hall–Kier alpha value is -2.41. The van der Waals surface area contributed by atoms with Gasteiger partial charge in [0.25, 0.3) is 0 Å². The summed E-state index contributed by atoms with van der Waals surface area (Å²) in [5.74, 6) is 0. The van der Waals surface area contributed by atoms with Crippen molar-refractivity contribution in [1.82, 2.24) is 0 Å². The molecular weight excluding hydrogens is 559 g/mol. The maximum absolute atomic E-state index is 15.7. The molecule has 141 valence electrons. The van der Waals surface area contributed by atoms with Crippen molar-refractivity contribution >= 4 is 29.0 Å². The van der Waals surface area contributed by atoms with Gasteiger partial charge < -0.3 is 0 Å². The van der Waals surface area contributed by atoms with Gasteiger partial charge in [-0.3, -0.25) is 0 Å². The molecule has 0 fully saturated rings. The molecule has 0 aliphatic carbocycles. The van der Waals surface area contributed by atoms with Gasteiger partial charge in [-0.25, -0.2) is 0 Å². The molecule has 29 heavy (non-hydrogen) atoms. The number of aromatic nitrogens is 1. The Balaban J connectivity index is 1.97. The predicted molar refractivity (Wildman–Crippen MR) is 113 cm³/mol. The first-order valence-electron chi connectivity index (χ1n) is 9.35. The van der Waals surface area contributed by atoms with Crippen molar-refractivity contribution in [2.24, 2.45) is 0 Å². The van der Waals surface area contributed by atoms with Crippen molar-refractivity contribution in [3.63, 3.8) is 0 Å². The van der Waals surface area contributed by atoms with E-state index in [4.69, 9.17) is 0 Å². The standard InChI is InChI=1S/C25H19F2N.Pb/c1-19-12-14-23(15-13-19)25(26,27)28-17-16-22(20-8-4-2-5-9-20)18-24(28)21-10-6-3-7-11-21;/h2-16,18H,1H3;/q+1;. The second-order valence-electron chi connectivity index (χ2n) is 6.99. The van der Waals surface area contributed by atoms with E-state index in [-0.39, 0.29) is 5.56 Å². The third-order valence-corrected chi connectivity index (χ3v) is 6.35. The zero-order chi connectivity index (χ0) is 20.4. The van der Waals surface area contributed by atoms with Gasteiger partial charge in [-0.15, -0.1) is 0 Å². The summed E-state index contributed by atoms with van der Waals surface area (Å²) in [5, 5.41) is 0. The number of rotatable bonds is 4. The van der Waals surface area contributed by atoms with Crippen LogP contribution in [0.25, 0.3) is 22.4 Å². The summed E-state index contributed by atoms with van der Waals surface area (Å²) in [4.78, 5) is 0. The van der Waals surface area contributed by atoms with Crippen LogP contribution in [-0.2, 0) is 6.05 Å². The zero-order valence-electron chi connectivity index (χ0n) is 15.9. The minimum atomic E-state index is -3.15. The first-order chi connectivity index (χ1) is 14.0. The van der Waals surface area contributed by atoms with Gasteiger partial charge in [-0.1, -0.05) is 0 Å². The summed E-state index contributed by atoms with van der Waals surface area (Å²) in [6.45, 7) is 1.90. The number of hydrogen-bond acceptors (Lipinski definition) is 0. The summed E-state index contributed by atoms with van der Waals surface area (Å²) < 4.78 is 33.3. The monoisotopic (exact) mass is 579 g/mol. The molecule has 0 spiro atoms. The number of nitrogens with zero attached hydrogens (tertiary/aromatic N) is 1. The topological polar surface area (TPSA) is 3.88 Å². The Morgan fingerprint density at radius 3 is 1.83 bits per heavy atom. The molecule has 1 aromatic heterocycles. The van der Waals surface area contributed by atoms with Crippen LogP contribution in [0.1, 0.15) is 11.1 Å². The number of halogens is 2. The van der Waals surface area contributed by atoms with Crippen molar-refractivity contribution < 1.29 is 13.3 Å². The number of aryl methyl sites for hydroxylation is 1. The van der Waals surface area contributed by atoms with Crippen LogP contribution in [0.2, 0.25) is 0 Å². The van der Waals surface area contributed by atoms with E-state index in [0.29, 0.717) is 34.7 Å². The van der Waals surface area contributed by atoms with Gasteiger partial charge in [0.05, 0.1) is 0 Å². The SMILES string of the molecule is Cc1ccc(C(F)(F)[n+]2[c]([Pb])cc(-c3ccccc3)cc2-c2ccccc2)cc1. The summed E-state index contributed by atoms with van der Waals surface area (Å²) in [5.41, 5.74) is 4.22. The van der Waals surface area contributed by atoms with Gasteiger partial charge in [-0.05, 0) is 0 Å². The van der Waals surface area contributed by atoms with E-state index in [9.17, 15) is 0 Å². The van der Waals surface area contributed by atoms with E-state index in [1.807, 2.05) is 79.7 Å². The zero-order valence-corrected chi connectivity index (χ0v) is 19.8. The van der Waals surface area contributed by atoms with Crippen molar-refractivity contribution in [1.29, 1.82) is 0 Å². The van der Waals surface area contributed by atoms with E-state index < -0.39 is 6.05 Å². The quantitative estimate of drug-likeness (QED) is 0.237. The Kier molecular flexibility index (Phi) is 5.59. The van der Waals surface area contributed by atoms with Gasteiger partial charge in [0, 0.05) is 0 Å². The Morgan fingerprint density at radius 2 is 1.24 bits per heavy atom. The number of hydrogen-bond donors (Lipinski definition) is 0. The van der Waals surface area contributed by atoms with Crippen molar-refractivity contribution in [3.05, 3.63) is 108 Å². The van der Waals surface area contributed by atoms with Gasteiger partial charge >= 0.3 is 186 Å². The van der Waals surface area contributed by atoms with Crippen LogP contribution in [0.4, 0.5) is 8.78 Å². The molecule has 0 saturated carbocycles. The molecule has 1 nitrogen and oxygen atoms in total. The molecule has 3 radical (unpaired) electrons. The van der Waals surface area contributed by atoms with Crippen LogP contribution < -0.4 is 7.82 Å². The van der Waals surface area contributed by atoms with Gasteiger partial charge in [0.15, 0.2) is 0 Å². The molecule has 4 heteroatoms. The van der Waals surface area contributed by atoms with Crippen LogP contribution in [-0.4, -0.2) is 25.8 Å². The van der Waals surface area contributed by atoms with E-state index in [2.05, 4.69) is 0 Å². The fourth-order valence-electron chi connectivity index (χ4n) is 3.40. The fraction of sp³-hybridized carbons (Fsp3) is 0.0800. The predicted octanol–water partition coefficient (Wildman–Crippen LogP) is 5.01. The fourth-order valence-corrected chi connectivity index (χ4v) is 5.02. The minimum absolute atomic E-state index is 0.00478. The van der Waals surface area contributed by atoms with Crippen molar-refractivity contribution in [2.75, 3.05) is 0 Å². The molecule has 0 unspecified atom stereocenters. The Bertz CT molecular complexity index is 1120. The number of pyridine rings is 1. The van der Waals surface area contributed by atoms with Crippen LogP contribution in [0.15, 0.2) is 97.1 Å². The second kappa shape index (κ2) is 8.14. The molecule has 0 bridgehead atoms. The molecule has 4 rings (SSSR count). The van der Waals surface area contributed by atoms with E-state index >= 15 is 8.78 Å². The Morgan fingerprint density at radius 1 is 0.690 bits per heavy atom. The van der Waals surface area contributed by atoms with Crippen LogP contribution in [0, 0.1) is 6.92 Å². The summed E-state index contributed by atoms with van der Waals surface area (Å²) >= 11 is 0.488. The Labute approximate surface area is 185 Å². The van der Waals surface area contributed by atoms with E-state index in [0.717, 1.165) is 22.3 Å². The molecule has 4 aromatic rings. The third-order valence-electron chi connectivity index (χ3n) is 4.92. The molecule has 0 N–H and O–H groups in total. The maximum atomic E-state index is 15.7. The van der Waals surface area contributed by atoms with Crippen LogP contribution >= 0.6 is 0 Å². The second-order valence-corrected chi connectivity index (χ2v) is 8.98. The first kappa shape index (κ1) is 19.9. The van der Waals surface area contributed by atoms with Crippen LogP contribution in [0.3, 0.4) is 0 Å². The number of alkyl halides is 2. The average molecular weight is 579 g/mol. The third kappa shape index (κ3) is 4.01. The molecule has 0 aliphatic rings. The molecule has 0 aliphatic heterocycles. The molecule has 3 aromatic carbocycles. The van der Waals surface area contributed by atoms with E-state index in [1.54, 1.807) is 12.1 Å². The summed E-state index contributed by atoms with van der Waals surface area (Å²) in [6.07, 6.45) is 0. The number of benzene rings is 3. The molecule has 0 atom stereocenters. The molecule has 0 saturated heterocycles. The molecule has 0 amide bonds. The van der Waals surface area contributed by atoms with Crippen molar-refractivity contribution in [3.8, 4) is 22.4 Å². The normalized spacial score (nSPS) is 11.4. The van der Waals surface area contributed by atoms with E-state index in [1.165, 1.54) is 16.7 Å². The summed E-state index contributed by atoms with van der Waals surface area (Å²) in [6, 6.07) is 26.4. The van der Waals surface area contributed by atoms with Gasteiger partial charge in [0.2, 0.25) is 0 Å². The average Bonchev–Trinajstić information content (AvgIpc) is 2.74. The van der Waals surface area contributed by atoms with Gasteiger partial charge in [-0.2, -0.15) is 0 Å². The first-order valence-corrected chi connectivity index (χ1v) is 11.3. The molecular formula is C25H19F2NPb+.